The van der Waals surface area contributed by atoms with Crippen molar-refractivity contribution >= 4 is 28.4 Å². The maximum atomic E-state index is 11.6. The molecule has 196 valence electrons. The largest absolute Gasteiger partial charge is 0.493 e. The van der Waals surface area contributed by atoms with Crippen molar-refractivity contribution in [2.24, 2.45) is 21.4 Å². The van der Waals surface area contributed by atoms with Crippen LogP contribution < -0.4 is 19.0 Å². The van der Waals surface area contributed by atoms with Gasteiger partial charge in [-0.1, -0.05) is 32.9 Å². The zero-order chi connectivity index (χ0) is 26.7. The molecule has 4 rings (SSSR count). The van der Waals surface area contributed by atoms with Crippen LogP contribution in [0.5, 0.6) is 17.2 Å². The maximum absolute atomic E-state index is 11.6. The van der Waals surface area contributed by atoms with Gasteiger partial charge in [-0.2, -0.15) is 5.10 Å². The van der Waals surface area contributed by atoms with Gasteiger partial charge in [-0.25, -0.2) is 9.67 Å². The van der Waals surface area contributed by atoms with Gasteiger partial charge in [0.1, 0.15) is 5.69 Å². The van der Waals surface area contributed by atoms with E-state index >= 15 is 0 Å². The van der Waals surface area contributed by atoms with E-state index in [0.717, 1.165) is 36.2 Å². The van der Waals surface area contributed by atoms with Gasteiger partial charge in [-0.05, 0) is 48.8 Å². The molecule has 1 saturated carbocycles. The summed E-state index contributed by atoms with van der Waals surface area (Å²) in [6.07, 6.45) is 2.87. The number of ether oxygens (including phenoxy) is 3. The SMILES string of the molecule is COc1cc(-c2csc(=Nc3ccccc3[N+](=O)[O-])n2N=C2CC(C)CC(C)(C)C2)cc(OC)c1OC. The van der Waals surface area contributed by atoms with Crippen LogP contribution in [0.2, 0.25) is 0 Å². The first-order valence-corrected chi connectivity index (χ1v) is 12.9. The highest BCUT2D eigenvalue weighted by atomic mass is 32.1. The Morgan fingerprint density at radius 3 is 2.38 bits per heavy atom. The van der Waals surface area contributed by atoms with Crippen LogP contribution in [-0.2, 0) is 0 Å². The normalized spacial score (nSPS) is 18.6. The number of thiazole rings is 1. The van der Waals surface area contributed by atoms with E-state index in [9.17, 15) is 10.1 Å². The molecule has 1 unspecified atom stereocenters. The number of para-hydroxylation sites is 2. The maximum Gasteiger partial charge on any atom is 0.294 e. The third-order valence-electron chi connectivity index (χ3n) is 6.35. The molecule has 1 aliphatic rings. The predicted octanol–water partition coefficient (Wildman–Crippen LogP) is 6.43. The molecule has 0 radical (unpaired) electrons. The Balaban J connectivity index is 1.96. The zero-order valence-electron chi connectivity index (χ0n) is 22.0. The van der Waals surface area contributed by atoms with Gasteiger partial charge in [0.2, 0.25) is 10.6 Å². The molecule has 1 aromatic heterocycles. The quantitative estimate of drug-likeness (QED) is 0.262. The van der Waals surface area contributed by atoms with Crippen LogP contribution in [0, 0.1) is 21.4 Å². The third kappa shape index (κ3) is 5.69. The summed E-state index contributed by atoms with van der Waals surface area (Å²) in [7, 11) is 4.71. The van der Waals surface area contributed by atoms with Crippen molar-refractivity contribution in [3.63, 3.8) is 0 Å². The van der Waals surface area contributed by atoms with E-state index in [-0.39, 0.29) is 16.8 Å². The van der Waals surface area contributed by atoms with Crippen molar-refractivity contribution in [2.75, 3.05) is 21.3 Å². The number of aromatic nitrogens is 1. The first-order chi connectivity index (χ1) is 17.7. The number of methoxy groups -OCH3 is 3. The molecular weight excluding hydrogens is 492 g/mol. The number of hydrogen-bond donors (Lipinski definition) is 0. The van der Waals surface area contributed by atoms with E-state index in [4.69, 9.17) is 24.3 Å². The highest BCUT2D eigenvalue weighted by molar-refractivity contribution is 7.07. The number of benzene rings is 2. The van der Waals surface area contributed by atoms with Crippen molar-refractivity contribution in [1.82, 2.24) is 4.68 Å². The fourth-order valence-electron chi connectivity index (χ4n) is 5.05. The lowest BCUT2D eigenvalue weighted by molar-refractivity contribution is -0.384. The van der Waals surface area contributed by atoms with Gasteiger partial charge >= 0.3 is 0 Å². The summed E-state index contributed by atoms with van der Waals surface area (Å²) in [6, 6.07) is 10.2. The monoisotopic (exact) mass is 524 g/mol. The van der Waals surface area contributed by atoms with Crippen molar-refractivity contribution in [1.29, 1.82) is 0 Å². The molecule has 0 spiro atoms. The zero-order valence-corrected chi connectivity index (χ0v) is 22.8. The average Bonchev–Trinajstić information content (AvgIpc) is 3.23. The number of nitro groups is 1. The molecule has 9 nitrogen and oxygen atoms in total. The molecule has 0 aliphatic heterocycles. The van der Waals surface area contributed by atoms with Gasteiger partial charge in [-0.3, -0.25) is 10.1 Å². The topological polar surface area (TPSA) is 100 Å². The summed E-state index contributed by atoms with van der Waals surface area (Å²) in [5.41, 5.74) is 2.98. The summed E-state index contributed by atoms with van der Waals surface area (Å²) in [5.74, 6) is 2.04. The molecular formula is C27H32N4O5S. The van der Waals surface area contributed by atoms with Gasteiger partial charge < -0.3 is 14.2 Å². The molecule has 0 N–H and O–H groups in total. The molecule has 37 heavy (non-hydrogen) atoms. The molecule has 0 saturated heterocycles. The van der Waals surface area contributed by atoms with E-state index in [0.29, 0.717) is 28.0 Å². The van der Waals surface area contributed by atoms with Gasteiger partial charge in [0.25, 0.3) is 5.69 Å². The minimum atomic E-state index is -0.422. The Morgan fingerprint density at radius 2 is 1.78 bits per heavy atom. The van der Waals surface area contributed by atoms with Crippen LogP contribution in [0.4, 0.5) is 11.4 Å². The predicted molar refractivity (Wildman–Crippen MR) is 145 cm³/mol. The molecule has 1 fully saturated rings. The molecule has 1 aliphatic carbocycles. The number of rotatable bonds is 7. The van der Waals surface area contributed by atoms with E-state index in [1.54, 1.807) is 44.2 Å². The van der Waals surface area contributed by atoms with E-state index in [1.165, 1.54) is 17.4 Å². The van der Waals surface area contributed by atoms with Crippen LogP contribution in [0.1, 0.15) is 40.0 Å². The van der Waals surface area contributed by atoms with Gasteiger partial charge in [0, 0.05) is 22.7 Å². The number of nitrogens with zero attached hydrogens (tertiary/aromatic N) is 4. The Labute approximate surface area is 220 Å². The Bertz CT molecular complexity index is 1380. The smallest absolute Gasteiger partial charge is 0.294 e. The lowest BCUT2D eigenvalue weighted by atomic mass is 9.72. The molecule has 2 aromatic carbocycles. The van der Waals surface area contributed by atoms with E-state index in [2.05, 4.69) is 20.8 Å². The molecule has 10 heteroatoms. The van der Waals surface area contributed by atoms with Crippen molar-refractivity contribution in [2.45, 2.75) is 40.0 Å². The van der Waals surface area contributed by atoms with Crippen LogP contribution >= 0.6 is 11.3 Å². The Morgan fingerprint density at radius 1 is 1.11 bits per heavy atom. The van der Waals surface area contributed by atoms with Gasteiger partial charge in [-0.15, -0.1) is 11.3 Å². The standard InChI is InChI=1S/C27H32N4O5S/c1-17-11-19(15-27(2,3)14-17)29-30-22(18-12-23(34-4)25(36-6)24(13-18)35-5)16-37-26(30)28-20-9-7-8-10-21(20)31(32)33/h7-10,12-13,16-17H,11,14-15H2,1-6H3. The first-order valence-electron chi connectivity index (χ1n) is 12.0. The van der Waals surface area contributed by atoms with Crippen molar-refractivity contribution < 1.29 is 19.1 Å². The van der Waals surface area contributed by atoms with Crippen molar-refractivity contribution in [3.05, 3.63) is 56.7 Å². The molecule has 1 heterocycles. The Kier molecular flexibility index (Phi) is 7.68. The Hall–Kier alpha value is -3.66. The summed E-state index contributed by atoms with van der Waals surface area (Å²) in [5, 5.41) is 18.7. The van der Waals surface area contributed by atoms with Crippen LogP contribution in [0.3, 0.4) is 0 Å². The summed E-state index contributed by atoms with van der Waals surface area (Å²) in [6.45, 7) is 6.76. The summed E-state index contributed by atoms with van der Waals surface area (Å²) < 4.78 is 18.4. The van der Waals surface area contributed by atoms with Crippen LogP contribution in [-0.4, -0.2) is 36.6 Å². The van der Waals surface area contributed by atoms with Crippen molar-refractivity contribution in [3.8, 4) is 28.5 Å². The molecule has 0 bridgehead atoms. The summed E-state index contributed by atoms with van der Waals surface area (Å²) in [4.78, 5) is 16.4. The van der Waals surface area contributed by atoms with E-state index < -0.39 is 4.92 Å². The second-order valence-corrected chi connectivity index (χ2v) is 10.8. The minimum Gasteiger partial charge on any atom is -0.493 e. The number of nitro benzene ring substituents is 1. The lowest BCUT2D eigenvalue weighted by Gasteiger charge is -2.34. The minimum absolute atomic E-state index is 0.0585. The van der Waals surface area contributed by atoms with E-state index in [1.807, 2.05) is 17.5 Å². The molecule has 3 aromatic rings. The number of hydrogen-bond acceptors (Lipinski definition) is 8. The molecule has 1 atom stereocenters. The summed E-state index contributed by atoms with van der Waals surface area (Å²) >= 11 is 1.37. The highest BCUT2D eigenvalue weighted by Crippen LogP contribution is 2.42. The fraction of sp³-hybridized carbons (Fsp3) is 0.407. The fourth-order valence-corrected chi connectivity index (χ4v) is 5.89. The lowest BCUT2D eigenvalue weighted by Crippen LogP contribution is -2.29. The third-order valence-corrected chi connectivity index (χ3v) is 7.17. The average molecular weight is 525 g/mol. The first kappa shape index (κ1) is 26.4. The second kappa shape index (κ2) is 10.8. The second-order valence-electron chi connectivity index (χ2n) is 10.0. The van der Waals surface area contributed by atoms with Crippen LogP contribution in [0.15, 0.2) is 51.9 Å². The molecule has 0 amide bonds. The highest BCUT2D eigenvalue weighted by Gasteiger charge is 2.30. The van der Waals surface area contributed by atoms with Gasteiger partial charge in [0.05, 0.1) is 31.9 Å². The van der Waals surface area contributed by atoms with Crippen LogP contribution in [0.25, 0.3) is 11.3 Å². The van der Waals surface area contributed by atoms with Gasteiger partial charge in [0.15, 0.2) is 11.5 Å².